The Balaban J connectivity index is 0.998. The first-order chi connectivity index (χ1) is 30.4. The molecule has 0 radical (unpaired) electrons. The van der Waals surface area contributed by atoms with Crippen molar-refractivity contribution in [2.45, 2.75) is 87.0 Å². The van der Waals surface area contributed by atoms with E-state index in [0.717, 1.165) is 48.8 Å². The molecule has 3 amide bonds. The number of halogens is 1. The molecule has 0 unspecified atom stereocenters. The maximum Gasteiger partial charge on any atom is 0.264 e. The van der Waals surface area contributed by atoms with Crippen molar-refractivity contribution in [1.29, 1.82) is 0 Å². The van der Waals surface area contributed by atoms with Gasteiger partial charge in [-0.1, -0.05) is 55.5 Å². The number of para-hydroxylation sites is 2. The molecule has 6 aliphatic heterocycles. The minimum atomic E-state index is -3.44. The number of anilines is 5. The highest BCUT2D eigenvalue weighted by Crippen LogP contribution is 2.61. The Kier molecular flexibility index (Phi) is 10.5. The Morgan fingerprint density at radius 2 is 1.21 bits per heavy atom. The lowest BCUT2D eigenvalue weighted by Crippen LogP contribution is -2.55. The topological polar surface area (TPSA) is 121 Å². The van der Waals surface area contributed by atoms with Crippen LogP contribution in [0, 0.1) is 5.92 Å². The van der Waals surface area contributed by atoms with E-state index in [2.05, 4.69) is 32.6 Å². The first kappa shape index (κ1) is 41.9. The lowest BCUT2D eigenvalue weighted by atomic mass is 9.82. The predicted octanol–water partition coefficient (Wildman–Crippen LogP) is 6.26. The standard InChI is InChI=1S/C49H58FN7O5Si/c1-34-43(63(2,3)50)42(20-29-58)62-49(34)40-30-39(55-33-57(38-12-8-5-9-13-38)48(45(55)60)23-27-52-28-24-48)18-19-41(40)53(46(49)61)31-35-14-16-36(17-15-35)54-32-56(37-10-6-4-7-11-37)47(44(54)59)21-25-51-26-22-47/h4-19,30,34,42-43,51-52,58H,20-29,31-33H2,1-3H3/t34-,42+,43-,49+/m0/s1. The second-order valence-electron chi connectivity index (χ2n) is 18.9. The molecular weight excluding hydrogens is 814 g/mol. The fourth-order valence-corrected chi connectivity index (χ4v) is 14.6. The third-order valence-electron chi connectivity index (χ3n) is 15.1. The van der Waals surface area contributed by atoms with Gasteiger partial charge in [-0.15, -0.1) is 0 Å². The maximum atomic E-state index is 16.5. The second kappa shape index (κ2) is 15.8. The maximum absolute atomic E-state index is 16.5. The summed E-state index contributed by atoms with van der Waals surface area (Å²) in [7, 11) is -3.44. The smallest absolute Gasteiger partial charge is 0.264 e. The van der Waals surface area contributed by atoms with Crippen LogP contribution in [0.25, 0.3) is 0 Å². The van der Waals surface area contributed by atoms with Gasteiger partial charge >= 0.3 is 0 Å². The number of fused-ring (bicyclic) bond motifs is 2. The van der Waals surface area contributed by atoms with Gasteiger partial charge in [0.2, 0.25) is 8.41 Å². The summed E-state index contributed by atoms with van der Waals surface area (Å²) in [5, 5.41) is 17.0. The summed E-state index contributed by atoms with van der Waals surface area (Å²) >= 11 is 0. The average Bonchev–Trinajstić information content (AvgIpc) is 3.93. The number of aliphatic hydroxyl groups is 1. The van der Waals surface area contributed by atoms with E-state index in [4.69, 9.17) is 4.74 Å². The quantitative estimate of drug-likeness (QED) is 0.132. The van der Waals surface area contributed by atoms with Gasteiger partial charge in [0.15, 0.2) is 5.60 Å². The Labute approximate surface area is 370 Å². The number of hydrogen-bond acceptors (Lipinski definition) is 9. The third-order valence-corrected chi connectivity index (χ3v) is 17.6. The van der Waals surface area contributed by atoms with Gasteiger partial charge < -0.3 is 39.3 Å². The molecule has 6 aliphatic rings. The molecule has 0 bridgehead atoms. The predicted molar refractivity (Wildman–Crippen MR) is 246 cm³/mol. The molecular formula is C49H58FN7O5Si. The largest absolute Gasteiger partial charge is 0.396 e. The third kappa shape index (κ3) is 6.54. The van der Waals surface area contributed by atoms with Gasteiger partial charge in [0, 0.05) is 46.4 Å². The highest BCUT2D eigenvalue weighted by atomic mass is 28.4. The Morgan fingerprint density at radius 1 is 0.698 bits per heavy atom. The van der Waals surface area contributed by atoms with Crippen LogP contribution in [0.3, 0.4) is 0 Å². The molecule has 14 heteroatoms. The van der Waals surface area contributed by atoms with Gasteiger partial charge in [-0.05, 0) is 132 Å². The average molecular weight is 872 g/mol. The summed E-state index contributed by atoms with van der Waals surface area (Å²) in [5.41, 5.74) is 2.17. The van der Waals surface area contributed by atoms with Gasteiger partial charge in [0.25, 0.3) is 17.7 Å². The molecule has 4 aromatic rings. The number of hydrogen-bond donors (Lipinski definition) is 3. The molecule has 5 fully saturated rings. The van der Waals surface area contributed by atoms with Crippen LogP contribution in [0.4, 0.5) is 32.5 Å². The highest BCUT2D eigenvalue weighted by Gasteiger charge is 2.67. The van der Waals surface area contributed by atoms with Crippen molar-refractivity contribution in [2.75, 3.05) is 70.6 Å². The molecule has 0 aromatic heterocycles. The number of carbonyl (C=O) groups is 3. The molecule has 0 aliphatic carbocycles. The van der Waals surface area contributed by atoms with Gasteiger partial charge in [0.1, 0.15) is 11.1 Å². The van der Waals surface area contributed by atoms with Crippen molar-refractivity contribution < 1.29 is 28.3 Å². The van der Waals surface area contributed by atoms with E-state index in [1.165, 1.54) is 0 Å². The Morgan fingerprint density at radius 3 is 1.71 bits per heavy atom. The molecule has 3 N–H and O–H groups in total. The molecule has 6 heterocycles. The molecule has 5 saturated heterocycles. The van der Waals surface area contributed by atoms with E-state index in [-0.39, 0.29) is 37.3 Å². The number of carbonyl (C=O) groups excluding carboxylic acids is 3. The van der Waals surface area contributed by atoms with Gasteiger partial charge in [-0.25, -0.2) is 0 Å². The van der Waals surface area contributed by atoms with Crippen LogP contribution in [0.5, 0.6) is 0 Å². The SMILES string of the molecule is C[C@H]1[C@H]([Si](C)(C)F)[C@@H](CCO)O[C@]12C(=O)N(Cc1ccc(N3CN(c4ccccc4)C4(CCNCC4)C3=O)cc1)c1ccc(N3CN(c4ccccc4)C4(CCNCC4)C3=O)cc12. The summed E-state index contributed by atoms with van der Waals surface area (Å²) < 4.78 is 23.4. The minimum Gasteiger partial charge on any atom is -0.396 e. The van der Waals surface area contributed by atoms with E-state index in [1.54, 1.807) is 18.0 Å². The first-order valence-electron chi connectivity index (χ1n) is 22.7. The molecule has 330 valence electrons. The van der Waals surface area contributed by atoms with Crippen LogP contribution in [0.15, 0.2) is 103 Å². The Bertz CT molecular complexity index is 2370. The number of ether oxygens (including phenoxy) is 1. The molecule has 10 rings (SSSR count). The van der Waals surface area contributed by atoms with Crippen LogP contribution in [-0.2, 0) is 31.3 Å². The van der Waals surface area contributed by atoms with Crippen molar-refractivity contribution in [1.82, 2.24) is 10.6 Å². The Hall–Kier alpha value is -5.12. The number of amides is 3. The first-order valence-corrected chi connectivity index (χ1v) is 25.6. The van der Waals surface area contributed by atoms with Gasteiger partial charge in [-0.3, -0.25) is 24.2 Å². The fraction of sp³-hybridized carbons (Fsp3) is 0.449. The van der Waals surface area contributed by atoms with E-state index < -0.39 is 42.6 Å². The number of rotatable bonds is 9. The van der Waals surface area contributed by atoms with Crippen molar-refractivity contribution in [3.63, 3.8) is 0 Å². The zero-order valence-corrected chi connectivity index (χ0v) is 37.4. The van der Waals surface area contributed by atoms with E-state index in [9.17, 15) is 14.7 Å². The molecule has 0 saturated carbocycles. The van der Waals surface area contributed by atoms with E-state index >= 15 is 8.90 Å². The van der Waals surface area contributed by atoms with Crippen LogP contribution < -0.4 is 35.1 Å². The lowest BCUT2D eigenvalue weighted by molar-refractivity contribution is -0.146. The van der Waals surface area contributed by atoms with Crippen LogP contribution >= 0.6 is 0 Å². The number of nitrogens with one attached hydrogen (secondary N) is 2. The van der Waals surface area contributed by atoms with Crippen LogP contribution in [0.1, 0.15) is 50.2 Å². The van der Waals surface area contributed by atoms with Crippen LogP contribution in [0.2, 0.25) is 18.6 Å². The lowest BCUT2D eigenvalue weighted by Gasteiger charge is -2.39. The zero-order chi connectivity index (χ0) is 43.7. The van der Waals surface area contributed by atoms with Gasteiger partial charge in [0.05, 0.1) is 31.7 Å². The fourth-order valence-electron chi connectivity index (χ4n) is 12.1. The molecule has 3 spiro atoms. The van der Waals surface area contributed by atoms with Crippen molar-refractivity contribution in [3.05, 3.63) is 114 Å². The summed E-state index contributed by atoms with van der Waals surface area (Å²) in [6, 6.07) is 33.9. The summed E-state index contributed by atoms with van der Waals surface area (Å²) in [6.45, 7) is 9.03. The van der Waals surface area contributed by atoms with Gasteiger partial charge in [-0.2, -0.15) is 0 Å². The molecule has 4 atom stereocenters. The minimum absolute atomic E-state index is 0.0197. The van der Waals surface area contributed by atoms with Crippen molar-refractivity contribution in [3.8, 4) is 0 Å². The number of piperidine rings is 2. The molecule has 4 aromatic carbocycles. The van der Waals surface area contributed by atoms with E-state index in [1.807, 2.05) is 108 Å². The zero-order valence-electron chi connectivity index (χ0n) is 36.4. The normalized spacial score (nSPS) is 26.6. The van der Waals surface area contributed by atoms with Crippen molar-refractivity contribution in [2.24, 2.45) is 5.92 Å². The number of nitrogens with zero attached hydrogens (tertiary/aromatic N) is 5. The summed E-state index contributed by atoms with van der Waals surface area (Å²) in [4.78, 5) is 54.5. The monoisotopic (exact) mass is 871 g/mol. The summed E-state index contributed by atoms with van der Waals surface area (Å²) in [5.74, 6) is -0.706. The molecule has 63 heavy (non-hydrogen) atoms. The summed E-state index contributed by atoms with van der Waals surface area (Å²) in [6.07, 6.45) is 2.30. The van der Waals surface area contributed by atoms with Crippen LogP contribution in [-0.4, -0.2) is 94.5 Å². The number of benzene rings is 4. The second-order valence-corrected chi connectivity index (χ2v) is 22.7. The van der Waals surface area contributed by atoms with E-state index in [0.29, 0.717) is 56.0 Å². The molecule has 12 nitrogen and oxygen atoms in total. The van der Waals surface area contributed by atoms with Crippen molar-refractivity contribution >= 4 is 54.6 Å². The number of aliphatic hydroxyl groups excluding tert-OH is 1. The highest BCUT2D eigenvalue weighted by molar-refractivity contribution is 6.72.